The molecule has 0 aliphatic carbocycles. The Kier molecular flexibility index (Phi) is 4.65. The summed E-state index contributed by atoms with van der Waals surface area (Å²) in [5.74, 6) is 0.714. The van der Waals surface area contributed by atoms with Crippen molar-refractivity contribution in [1.29, 1.82) is 0 Å². The summed E-state index contributed by atoms with van der Waals surface area (Å²) in [6, 6.07) is 11.3. The largest absolute Gasteiger partial charge is 0.379 e. The third-order valence-corrected chi connectivity index (χ3v) is 5.22. The first kappa shape index (κ1) is 15.7. The molecule has 22 heavy (non-hydrogen) atoms. The molecule has 3 heteroatoms. The maximum absolute atomic E-state index is 5.69. The molecule has 3 unspecified atom stereocenters. The predicted octanol–water partition coefficient (Wildman–Crippen LogP) is 3.88. The third-order valence-electron chi connectivity index (χ3n) is 5.22. The number of hydrogen-bond acceptors (Lipinski definition) is 3. The van der Waals surface area contributed by atoms with Crippen LogP contribution in [0.15, 0.2) is 35.3 Å². The van der Waals surface area contributed by atoms with Crippen LogP contribution in [0, 0.1) is 5.92 Å². The van der Waals surface area contributed by atoms with Gasteiger partial charge in [0.1, 0.15) is 6.17 Å². The Morgan fingerprint density at radius 2 is 2.05 bits per heavy atom. The zero-order chi connectivity index (χ0) is 15.6. The molecule has 0 radical (unpaired) electrons. The molecule has 0 bridgehead atoms. The summed E-state index contributed by atoms with van der Waals surface area (Å²) in [5, 5.41) is 0. The maximum Gasteiger partial charge on any atom is 0.105 e. The van der Waals surface area contributed by atoms with Crippen molar-refractivity contribution in [2.24, 2.45) is 10.9 Å². The predicted molar refractivity (Wildman–Crippen MR) is 91.1 cm³/mol. The van der Waals surface area contributed by atoms with Crippen molar-refractivity contribution in [3.63, 3.8) is 0 Å². The average molecular weight is 300 g/mol. The summed E-state index contributed by atoms with van der Waals surface area (Å²) < 4.78 is 5.69. The second-order valence-electron chi connectivity index (χ2n) is 7.30. The molecule has 2 aliphatic heterocycles. The van der Waals surface area contributed by atoms with Gasteiger partial charge in [0, 0.05) is 25.9 Å². The lowest BCUT2D eigenvalue weighted by atomic mass is 9.92. The van der Waals surface area contributed by atoms with Gasteiger partial charge in [-0.3, -0.25) is 9.89 Å². The topological polar surface area (TPSA) is 24.8 Å². The van der Waals surface area contributed by atoms with E-state index in [-0.39, 0.29) is 5.60 Å². The van der Waals surface area contributed by atoms with E-state index in [0.717, 1.165) is 19.4 Å². The molecule has 1 fully saturated rings. The fourth-order valence-corrected chi connectivity index (χ4v) is 3.91. The van der Waals surface area contributed by atoms with Gasteiger partial charge in [-0.25, -0.2) is 0 Å². The van der Waals surface area contributed by atoms with Gasteiger partial charge in [0.15, 0.2) is 0 Å². The molecule has 1 saturated heterocycles. The highest BCUT2D eigenvalue weighted by Crippen LogP contribution is 2.40. The van der Waals surface area contributed by atoms with E-state index in [0.29, 0.717) is 18.1 Å². The molecule has 0 saturated carbocycles. The Hall–Kier alpha value is -1.19. The van der Waals surface area contributed by atoms with Crippen molar-refractivity contribution < 1.29 is 4.74 Å². The van der Waals surface area contributed by atoms with Gasteiger partial charge in [0.2, 0.25) is 0 Å². The molecule has 1 aromatic rings. The summed E-state index contributed by atoms with van der Waals surface area (Å²) in [6.07, 6.45) is 7.24. The Bertz CT molecular complexity index is 511. The van der Waals surface area contributed by atoms with Crippen LogP contribution in [-0.2, 0) is 11.3 Å². The summed E-state index contributed by atoms with van der Waals surface area (Å²) in [4.78, 5) is 7.44. The zero-order valence-corrected chi connectivity index (χ0v) is 14.0. The Morgan fingerprint density at radius 3 is 2.77 bits per heavy atom. The monoisotopic (exact) mass is 300 g/mol. The van der Waals surface area contributed by atoms with Crippen LogP contribution in [0.1, 0.15) is 45.1 Å². The number of likely N-dealkylation sites (tertiary alicyclic amines) is 1. The van der Waals surface area contributed by atoms with Crippen LogP contribution < -0.4 is 0 Å². The minimum absolute atomic E-state index is 0.0726. The average Bonchev–Trinajstić information content (AvgIpc) is 2.85. The van der Waals surface area contributed by atoms with Crippen molar-refractivity contribution >= 4 is 6.21 Å². The van der Waals surface area contributed by atoms with E-state index < -0.39 is 0 Å². The molecule has 2 aliphatic rings. The van der Waals surface area contributed by atoms with E-state index in [2.05, 4.69) is 55.3 Å². The number of rotatable bonds is 5. The van der Waals surface area contributed by atoms with Gasteiger partial charge in [0.25, 0.3) is 0 Å². The molecule has 0 spiro atoms. The van der Waals surface area contributed by atoms with Gasteiger partial charge in [-0.2, -0.15) is 0 Å². The Labute approximate surface area is 134 Å². The highest BCUT2D eigenvalue weighted by atomic mass is 16.5. The molecule has 120 valence electrons. The lowest BCUT2D eigenvalue weighted by Crippen LogP contribution is -2.40. The molecule has 0 amide bonds. The molecule has 3 atom stereocenters. The van der Waals surface area contributed by atoms with Gasteiger partial charge in [-0.15, -0.1) is 0 Å². The number of methoxy groups -OCH3 is 1. The number of ether oxygens (including phenoxy) is 1. The van der Waals surface area contributed by atoms with Crippen molar-refractivity contribution in [3.8, 4) is 0 Å². The van der Waals surface area contributed by atoms with E-state index >= 15 is 0 Å². The summed E-state index contributed by atoms with van der Waals surface area (Å²) in [5.41, 5.74) is 1.31. The van der Waals surface area contributed by atoms with Crippen molar-refractivity contribution in [1.82, 2.24) is 4.90 Å². The Balaban J connectivity index is 1.79. The van der Waals surface area contributed by atoms with Gasteiger partial charge in [-0.1, -0.05) is 30.3 Å². The first-order valence-electron chi connectivity index (χ1n) is 8.45. The molecule has 0 N–H and O–H groups in total. The molecule has 0 aromatic heterocycles. The van der Waals surface area contributed by atoms with E-state index in [4.69, 9.17) is 9.73 Å². The van der Waals surface area contributed by atoms with E-state index in [1.54, 1.807) is 0 Å². The minimum atomic E-state index is -0.0726. The number of benzene rings is 1. The number of hydrogen-bond donors (Lipinski definition) is 0. The first-order valence-corrected chi connectivity index (χ1v) is 8.45. The number of fused-ring (bicyclic) bond motifs is 1. The number of aliphatic imine (C=N–C) groups is 1. The molecule has 3 nitrogen and oxygen atoms in total. The van der Waals surface area contributed by atoms with E-state index in [1.807, 2.05) is 7.11 Å². The second-order valence-corrected chi connectivity index (χ2v) is 7.30. The quantitative estimate of drug-likeness (QED) is 0.824. The smallest absolute Gasteiger partial charge is 0.105 e. The zero-order valence-electron chi connectivity index (χ0n) is 14.0. The molecular formula is C19H28N2O. The molecule has 1 aromatic carbocycles. The lowest BCUT2D eigenvalue weighted by molar-refractivity contribution is -0.00729. The van der Waals surface area contributed by atoms with Crippen LogP contribution in [0.5, 0.6) is 0 Å². The van der Waals surface area contributed by atoms with Crippen molar-refractivity contribution in [2.45, 2.75) is 63.9 Å². The molecular weight excluding hydrogens is 272 g/mol. The lowest BCUT2D eigenvalue weighted by Gasteiger charge is -2.34. The van der Waals surface area contributed by atoms with Crippen molar-refractivity contribution in [3.05, 3.63) is 35.9 Å². The van der Waals surface area contributed by atoms with Crippen LogP contribution in [-0.4, -0.2) is 36.0 Å². The van der Waals surface area contributed by atoms with Crippen LogP contribution >= 0.6 is 0 Å². The minimum Gasteiger partial charge on any atom is -0.379 e. The van der Waals surface area contributed by atoms with Crippen LogP contribution in [0.3, 0.4) is 0 Å². The number of nitrogens with zero attached hydrogens (tertiary/aromatic N) is 2. The van der Waals surface area contributed by atoms with Crippen LogP contribution in [0.4, 0.5) is 0 Å². The summed E-state index contributed by atoms with van der Waals surface area (Å²) >= 11 is 0. The van der Waals surface area contributed by atoms with E-state index in [9.17, 15) is 0 Å². The second kappa shape index (κ2) is 6.51. The van der Waals surface area contributed by atoms with Gasteiger partial charge in [0.05, 0.1) is 5.60 Å². The SMILES string of the molecule is COC(C)(C)CC1CC2CCC=NC2N1Cc1ccccc1. The summed E-state index contributed by atoms with van der Waals surface area (Å²) in [6.45, 7) is 5.38. The fraction of sp³-hybridized carbons (Fsp3) is 0.632. The van der Waals surface area contributed by atoms with Gasteiger partial charge >= 0.3 is 0 Å². The normalized spacial score (nSPS) is 28.8. The molecule has 2 heterocycles. The van der Waals surface area contributed by atoms with Crippen molar-refractivity contribution in [2.75, 3.05) is 7.11 Å². The van der Waals surface area contributed by atoms with Gasteiger partial charge in [-0.05, 0) is 51.0 Å². The van der Waals surface area contributed by atoms with Crippen LogP contribution in [0.2, 0.25) is 0 Å². The van der Waals surface area contributed by atoms with Crippen LogP contribution in [0.25, 0.3) is 0 Å². The fourth-order valence-electron chi connectivity index (χ4n) is 3.91. The van der Waals surface area contributed by atoms with E-state index in [1.165, 1.54) is 18.4 Å². The first-order chi connectivity index (χ1) is 10.6. The molecule has 3 rings (SSSR count). The van der Waals surface area contributed by atoms with Gasteiger partial charge < -0.3 is 4.74 Å². The Morgan fingerprint density at radius 1 is 1.27 bits per heavy atom. The third kappa shape index (κ3) is 3.41. The maximum atomic E-state index is 5.69. The highest BCUT2D eigenvalue weighted by Gasteiger charge is 2.43. The standard InChI is InChI=1S/C19H28N2O/c1-19(2,22-3)13-17-12-16-10-7-11-20-18(16)21(17)14-15-8-5-4-6-9-15/h4-6,8-9,11,16-18H,7,10,12-14H2,1-3H3. The summed E-state index contributed by atoms with van der Waals surface area (Å²) in [7, 11) is 1.82. The highest BCUT2D eigenvalue weighted by molar-refractivity contribution is 5.58.